The standard InChI is InChI=1S/C16H15FOS/c1-12-5-4-7-15(9-12)19-11-14(18)10-13-6-2-3-8-16(13)17/h2-9H,10-11H2,1H3. The van der Waals surface area contributed by atoms with Gasteiger partial charge in [-0.1, -0.05) is 35.9 Å². The number of thioether (sulfide) groups is 1. The van der Waals surface area contributed by atoms with Gasteiger partial charge in [-0.15, -0.1) is 11.8 Å². The van der Waals surface area contributed by atoms with Gasteiger partial charge in [0, 0.05) is 11.3 Å². The highest BCUT2D eigenvalue weighted by Gasteiger charge is 2.08. The molecule has 0 amide bonds. The Morgan fingerprint density at radius 1 is 1.16 bits per heavy atom. The van der Waals surface area contributed by atoms with Crippen LogP contribution in [0.25, 0.3) is 0 Å². The summed E-state index contributed by atoms with van der Waals surface area (Å²) in [6.07, 6.45) is 0.158. The molecule has 0 radical (unpaired) electrons. The van der Waals surface area contributed by atoms with Crippen molar-refractivity contribution in [1.29, 1.82) is 0 Å². The van der Waals surface area contributed by atoms with E-state index in [1.54, 1.807) is 18.2 Å². The molecular weight excluding hydrogens is 259 g/mol. The smallest absolute Gasteiger partial charge is 0.147 e. The van der Waals surface area contributed by atoms with E-state index in [1.807, 2.05) is 31.2 Å². The highest BCUT2D eigenvalue weighted by molar-refractivity contribution is 8.00. The lowest BCUT2D eigenvalue weighted by atomic mass is 10.1. The number of hydrogen-bond donors (Lipinski definition) is 0. The van der Waals surface area contributed by atoms with Crippen molar-refractivity contribution in [2.45, 2.75) is 18.2 Å². The van der Waals surface area contributed by atoms with Crippen LogP contribution in [0.15, 0.2) is 53.4 Å². The van der Waals surface area contributed by atoms with E-state index >= 15 is 0 Å². The lowest BCUT2D eigenvalue weighted by Crippen LogP contribution is -2.07. The first-order valence-electron chi connectivity index (χ1n) is 6.10. The van der Waals surface area contributed by atoms with Crippen molar-refractivity contribution in [3.05, 3.63) is 65.5 Å². The van der Waals surface area contributed by atoms with Gasteiger partial charge in [0.25, 0.3) is 0 Å². The van der Waals surface area contributed by atoms with Gasteiger partial charge < -0.3 is 0 Å². The van der Waals surface area contributed by atoms with Crippen molar-refractivity contribution < 1.29 is 9.18 Å². The first kappa shape index (κ1) is 13.8. The lowest BCUT2D eigenvalue weighted by molar-refractivity contribution is -0.116. The zero-order valence-corrected chi connectivity index (χ0v) is 11.5. The molecule has 1 nitrogen and oxygen atoms in total. The summed E-state index contributed by atoms with van der Waals surface area (Å²) in [5.74, 6) is 0.102. The van der Waals surface area contributed by atoms with Crippen LogP contribution in [-0.4, -0.2) is 11.5 Å². The molecule has 19 heavy (non-hydrogen) atoms. The maximum absolute atomic E-state index is 13.4. The summed E-state index contributed by atoms with van der Waals surface area (Å²) in [6, 6.07) is 14.4. The summed E-state index contributed by atoms with van der Waals surface area (Å²) in [4.78, 5) is 12.9. The third-order valence-corrected chi connectivity index (χ3v) is 3.79. The molecule has 0 heterocycles. The Balaban J connectivity index is 1.90. The van der Waals surface area contributed by atoms with E-state index in [0.717, 1.165) is 4.90 Å². The topological polar surface area (TPSA) is 17.1 Å². The van der Waals surface area contributed by atoms with Crippen LogP contribution in [-0.2, 0) is 11.2 Å². The number of aryl methyl sites for hydroxylation is 1. The predicted molar refractivity (Wildman–Crippen MR) is 77.0 cm³/mol. The van der Waals surface area contributed by atoms with Gasteiger partial charge >= 0.3 is 0 Å². The maximum atomic E-state index is 13.4. The highest BCUT2D eigenvalue weighted by atomic mass is 32.2. The molecule has 2 rings (SSSR count). The monoisotopic (exact) mass is 274 g/mol. The average Bonchev–Trinajstić information content (AvgIpc) is 2.39. The van der Waals surface area contributed by atoms with Gasteiger partial charge in [0.2, 0.25) is 0 Å². The number of benzene rings is 2. The summed E-state index contributed by atoms with van der Waals surface area (Å²) >= 11 is 1.50. The van der Waals surface area contributed by atoms with E-state index in [9.17, 15) is 9.18 Å². The van der Waals surface area contributed by atoms with Gasteiger partial charge in [-0.3, -0.25) is 4.79 Å². The van der Waals surface area contributed by atoms with Crippen LogP contribution in [0, 0.1) is 12.7 Å². The number of rotatable bonds is 5. The number of ketones is 1. The van der Waals surface area contributed by atoms with Gasteiger partial charge in [0.15, 0.2) is 0 Å². The second-order valence-corrected chi connectivity index (χ2v) is 5.46. The van der Waals surface area contributed by atoms with E-state index in [-0.39, 0.29) is 18.0 Å². The molecule has 0 bridgehead atoms. The van der Waals surface area contributed by atoms with E-state index < -0.39 is 0 Å². The Morgan fingerprint density at radius 2 is 1.95 bits per heavy atom. The quantitative estimate of drug-likeness (QED) is 0.765. The second-order valence-electron chi connectivity index (χ2n) is 4.41. The zero-order valence-electron chi connectivity index (χ0n) is 10.7. The normalized spacial score (nSPS) is 10.4. The number of Topliss-reactive ketones (excluding diaryl/α,β-unsaturated/α-hetero) is 1. The van der Waals surface area contributed by atoms with Crippen molar-refractivity contribution in [2.24, 2.45) is 0 Å². The Bertz CT molecular complexity index is 580. The van der Waals surface area contributed by atoms with Crippen LogP contribution in [0.4, 0.5) is 4.39 Å². The molecule has 0 spiro atoms. The molecule has 0 N–H and O–H groups in total. The van der Waals surface area contributed by atoms with Gasteiger partial charge in [-0.05, 0) is 30.7 Å². The van der Waals surface area contributed by atoms with Gasteiger partial charge in [-0.2, -0.15) is 0 Å². The summed E-state index contributed by atoms with van der Waals surface area (Å²) in [6.45, 7) is 2.02. The second kappa shape index (κ2) is 6.53. The number of halogens is 1. The van der Waals surface area contributed by atoms with Crippen molar-refractivity contribution in [2.75, 3.05) is 5.75 Å². The number of carbonyl (C=O) groups is 1. The Kier molecular flexibility index (Phi) is 4.74. The molecule has 2 aromatic carbocycles. The van der Waals surface area contributed by atoms with Crippen molar-refractivity contribution in [1.82, 2.24) is 0 Å². The number of hydrogen-bond acceptors (Lipinski definition) is 2. The first-order valence-corrected chi connectivity index (χ1v) is 7.08. The van der Waals surface area contributed by atoms with Crippen LogP contribution in [0.5, 0.6) is 0 Å². The van der Waals surface area contributed by atoms with Gasteiger partial charge in [-0.25, -0.2) is 4.39 Å². The van der Waals surface area contributed by atoms with Crippen LogP contribution < -0.4 is 0 Å². The molecule has 3 heteroatoms. The molecule has 0 fully saturated rings. The molecule has 2 aromatic rings. The van der Waals surface area contributed by atoms with Crippen molar-refractivity contribution >= 4 is 17.5 Å². The van der Waals surface area contributed by atoms with E-state index in [4.69, 9.17) is 0 Å². The molecule has 0 aliphatic rings. The Morgan fingerprint density at radius 3 is 2.68 bits per heavy atom. The van der Waals surface area contributed by atoms with Crippen LogP contribution in [0.3, 0.4) is 0 Å². The number of carbonyl (C=O) groups excluding carboxylic acids is 1. The molecule has 0 aromatic heterocycles. The van der Waals surface area contributed by atoms with Crippen LogP contribution in [0.1, 0.15) is 11.1 Å². The lowest BCUT2D eigenvalue weighted by Gasteiger charge is -2.04. The van der Waals surface area contributed by atoms with Crippen molar-refractivity contribution in [3.8, 4) is 0 Å². The summed E-state index contributed by atoms with van der Waals surface area (Å²) < 4.78 is 13.4. The minimum Gasteiger partial charge on any atom is -0.298 e. The van der Waals surface area contributed by atoms with Gasteiger partial charge in [0.1, 0.15) is 11.6 Å². The van der Waals surface area contributed by atoms with Crippen molar-refractivity contribution in [3.63, 3.8) is 0 Å². The average molecular weight is 274 g/mol. The Labute approximate surface area is 116 Å². The molecule has 98 valence electrons. The van der Waals surface area contributed by atoms with E-state index in [1.165, 1.54) is 23.4 Å². The van der Waals surface area contributed by atoms with E-state index in [0.29, 0.717) is 11.3 Å². The summed E-state index contributed by atoms with van der Waals surface area (Å²) in [5, 5.41) is 0. The summed E-state index contributed by atoms with van der Waals surface area (Å²) in [5.41, 5.74) is 1.64. The zero-order chi connectivity index (χ0) is 13.7. The molecule has 0 saturated carbocycles. The fourth-order valence-electron chi connectivity index (χ4n) is 1.77. The third kappa shape index (κ3) is 4.21. The maximum Gasteiger partial charge on any atom is 0.147 e. The predicted octanol–water partition coefficient (Wildman–Crippen LogP) is 4.04. The summed E-state index contributed by atoms with van der Waals surface area (Å²) in [7, 11) is 0. The third-order valence-electron chi connectivity index (χ3n) is 2.73. The Hall–Kier alpha value is -1.61. The minimum atomic E-state index is -0.309. The van der Waals surface area contributed by atoms with Crippen LogP contribution >= 0.6 is 11.8 Å². The molecule has 0 aliphatic carbocycles. The van der Waals surface area contributed by atoms with E-state index in [2.05, 4.69) is 0 Å². The fraction of sp³-hybridized carbons (Fsp3) is 0.188. The molecular formula is C16H15FOS. The van der Waals surface area contributed by atoms with Crippen LogP contribution in [0.2, 0.25) is 0 Å². The minimum absolute atomic E-state index is 0.0385. The highest BCUT2D eigenvalue weighted by Crippen LogP contribution is 2.19. The van der Waals surface area contributed by atoms with Gasteiger partial charge in [0.05, 0.1) is 5.75 Å². The SMILES string of the molecule is Cc1cccc(SCC(=O)Cc2ccccc2F)c1. The first-order chi connectivity index (χ1) is 9.15. The molecule has 0 unspecified atom stereocenters. The molecule has 0 atom stereocenters. The molecule has 0 saturated heterocycles. The molecule has 0 aliphatic heterocycles. The fourth-order valence-corrected chi connectivity index (χ4v) is 2.65. The largest absolute Gasteiger partial charge is 0.298 e.